The first-order valence-electron chi connectivity index (χ1n) is 25.8. The van der Waals surface area contributed by atoms with E-state index in [9.17, 15) is 45.0 Å². The fourth-order valence-electron chi connectivity index (χ4n) is 14.4. The van der Waals surface area contributed by atoms with Crippen molar-refractivity contribution in [3.05, 3.63) is 23.8 Å². The average molecular weight is 983 g/mol. The third kappa shape index (κ3) is 10.3. The lowest BCUT2D eigenvalue weighted by Crippen LogP contribution is -2.71. The van der Waals surface area contributed by atoms with E-state index in [1.807, 2.05) is 39.5 Å². The van der Waals surface area contributed by atoms with E-state index < -0.39 is 124 Å². The Bertz CT molecular complexity index is 1880. The summed E-state index contributed by atoms with van der Waals surface area (Å²) >= 11 is 0. The van der Waals surface area contributed by atoms with Gasteiger partial charge >= 0.3 is 11.9 Å². The molecule has 0 amide bonds. The molecule has 20 atom stereocenters. The summed E-state index contributed by atoms with van der Waals surface area (Å²) in [6.07, 6.45) is -3.41. The third-order valence-electron chi connectivity index (χ3n) is 18.4. The number of ether oxygens (including phenoxy) is 3. The van der Waals surface area contributed by atoms with E-state index in [0.29, 0.717) is 45.6 Å². The molecule has 1 saturated heterocycles. The number of halogens is 2. The Labute approximate surface area is 410 Å². The number of esters is 2. The minimum absolute atomic E-state index is 0.0152. The second-order valence-corrected chi connectivity index (χ2v) is 23.1. The summed E-state index contributed by atoms with van der Waals surface area (Å²) in [6.45, 7) is 23.1. The first kappa shape index (κ1) is 57.5. The van der Waals surface area contributed by atoms with Gasteiger partial charge in [0.1, 0.15) is 29.6 Å². The first-order chi connectivity index (χ1) is 32.0. The van der Waals surface area contributed by atoms with Crippen LogP contribution in [0.5, 0.6) is 0 Å². The largest absolute Gasteiger partial charge is 0.459 e. The number of methoxy groups -OCH3 is 1. The number of alkyl halides is 2. The molecular weight excluding hydrogens is 895 g/mol. The van der Waals surface area contributed by atoms with Crippen molar-refractivity contribution in [1.82, 2.24) is 9.80 Å². The van der Waals surface area contributed by atoms with Gasteiger partial charge in [0, 0.05) is 48.9 Å². The normalized spacial score (nSPS) is 46.2. The van der Waals surface area contributed by atoms with Crippen molar-refractivity contribution in [1.29, 1.82) is 0 Å². The van der Waals surface area contributed by atoms with Crippen molar-refractivity contribution in [3.63, 3.8) is 0 Å². The van der Waals surface area contributed by atoms with E-state index in [2.05, 4.69) is 4.90 Å². The van der Waals surface area contributed by atoms with Gasteiger partial charge in [-0.05, 0) is 142 Å². The van der Waals surface area contributed by atoms with E-state index in [1.165, 1.54) is 46.1 Å². The highest BCUT2D eigenvalue weighted by molar-refractivity contribution is 6.01. The molecule has 0 bridgehead atoms. The van der Waals surface area contributed by atoms with Crippen molar-refractivity contribution in [2.75, 3.05) is 39.8 Å². The van der Waals surface area contributed by atoms with Crippen LogP contribution in [0.15, 0.2) is 23.8 Å². The van der Waals surface area contributed by atoms with Gasteiger partial charge in [-0.25, -0.2) is 8.78 Å². The lowest BCUT2D eigenvalue weighted by molar-refractivity contribution is -0.253. The predicted molar refractivity (Wildman–Crippen MR) is 257 cm³/mol. The Morgan fingerprint density at radius 2 is 1.61 bits per heavy atom. The molecule has 4 aliphatic carbocycles. The van der Waals surface area contributed by atoms with Crippen molar-refractivity contribution < 1.29 is 68.0 Å². The smallest absolute Gasteiger partial charge is 0.311 e. The Kier molecular flexibility index (Phi) is 18.0. The van der Waals surface area contributed by atoms with E-state index in [4.69, 9.17) is 14.2 Å². The number of aliphatic hydroxyl groups is 6. The van der Waals surface area contributed by atoms with Gasteiger partial charge in [0.25, 0.3) is 0 Å². The summed E-state index contributed by atoms with van der Waals surface area (Å²) in [7, 11) is 1.53. The molecule has 1 heterocycles. The van der Waals surface area contributed by atoms with Gasteiger partial charge < -0.3 is 49.7 Å². The van der Waals surface area contributed by atoms with Crippen molar-refractivity contribution in [3.8, 4) is 0 Å². The lowest BCUT2D eigenvalue weighted by atomic mass is 9.44. The second kappa shape index (κ2) is 21.6. The Morgan fingerprint density at radius 1 is 0.957 bits per heavy atom. The number of fused-ring (bicyclic) bond motifs is 5. The quantitative estimate of drug-likeness (QED) is 0.130. The predicted octanol–water partition coefficient (Wildman–Crippen LogP) is 5.27. The van der Waals surface area contributed by atoms with Crippen LogP contribution in [0, 0.1) is 46.3 Å². The van der Waals surface area contributed by atoms with E-state index in [0.717, 1.165) is 6.42 Å². The van der Waals surface area contributed by atoms with Crippen LogP contribution in [-0.2, 0) is 28.6 Å². The molecule has 0 radical (unpaired) electrons. The summed E-state index contributed by atoms with van der Waals surface area (Å²) in [5, 5.41) is 69.8. The third-order valence-corrected chi connectivity index (χ3v) is 18.4. The average Bonchev–Trinajstić information content (AvgIpc) is 3.50. The van der Waals surface area contributed by atoms with Gasteiger partial charge in [-0.15, -0.1) is 0 Å². The molecule has 0 aromatic rings. The number of ketones is 1. The number of allylic oxidation sites excluding steroid dienone is 4. The maximum atomic E-state index is 18.0. The second-order valence-electron chi connectivity index (χ2n) is 23.1. The van der Waals surface area contributed by atoms with Crippen LogP contribution in [-0.4, -0.2) is 169 Å². The van der Waals surface area contributed by atoms with Crippen molar-refractivity contribution in [2.45, 2.75) is 206 Å². The fourth-order valence-corrected chi connectivity index (χ4v) is 14.4. The highest BCUT2D eigenvalue weighted by Gasteiger charge is 2.77. The minimum Gasteiger partial charge on any atom is -0.459 e. The van der Waals surface area contributed by atoms with E-state index in [1.54, 1.807) is 27.7 Å². The molecule has 1 aliphatic heterocycles. The number of nitrogens with zero attached hydrogens (tertiary/aromatic N) is 2. The zero-order valence-electron chi connectivity index (χ0n) is 43.8. The maximum Gasteiger partial charge on any atom is 0.311 e. The van der Waals surface area contributed by atoms with Crippen LogP contribution in [0.1, 0.15) is 134 Å². The molecule has 0 aromatic heterocycles. The molecule has 4 fully saturated rings. The highest BCUT2D eigenvalue weighted by Crippen LogP contribution is 2.72. The molecule has 396 valence electrons. The molecular formula is C53H88F2N2O12. The van der Waals surface area contributed by atoms with Gasteiger partial charge in [0.2, 0.25) is 0 Å². The van der Waals surface area contributed by atoms with Crippen LogP contribution in [0.4, 0.5) is 8.78 Å². The lowest BCUT2D eigenvalue weighted by Gasteiger charge is -2.64. The minimum atomic E-state index is -2.27. The van der Waals surface area contributed by atoms with Gasteiger partial charge in [-0.2, -0.15) is 0 Å². The Hall–Kier alpha value is -2.41. The number of aliphatic hydroxyl groups excluding tert-OH is 4. The molecule has 5 rings (SSSR count). The van der Waals surface area contributed by atoms with E-state index >= 15 is 8.78 Å². The summed E-state index contributed by atoms with van der Waals surface area (Å²) in [4.78, 5) is 44.2. The molecule has 3 saturated carbocycles. The molecule has 6 N–H and O–H groups in total. The molecule has 0 spiro atoms. The van der Waals surface area contributed by atoms with Crippen LogP contribution >= 0.6 is 0 Å². The number of cyclic esters (lactones) is 1. The maximum absolute atomic E-state index is 18.0. The molecule has 16 heteroatoms. The van der Waals surface area contributed by atoms with Gasteiger partial charge in [0.05, 0.1) is 42.4 Å². The summed E-state index contributed by atoms with van der Waals surface area (Å²) in [5.41, 5.74) is -9.59. The SMILES string of the molecule is CCCN(CCCN1C[C@@H](C)C[C@@](C)(O)[C@@H](O)[C@H](C)[C@H](O)[C@H](C)C(=O)O[C@@H](CC)[C@@](C)(O)[C@@H](O)[C@@H]1C)CCC(=O)O[C@]1(C(C)OC)[C@H](C)CC2C3C[C@H](F)C4=CC(=O)C=C[C@]4(C)[C@@]3(F)[C@@H](O)C[C@@]21C. The first-order valence-corrected chi connectivity index (χ1v) is 25.8. The molecule has 3 unspecified atom stereocenters. The fraction of sp³-hybridized carbons (Fsp3) is 0.868. The summed E-state index contributed by atoms with van der Waals surface area (Å²) in [6, 6.07) is -0.667. The monoisotopic (exact) mass is 983 g/mol. The molecule has 0 aromatic carbocycles. The number of rotatable bonds is 13. The van der Waals surface area contributed by atoms with Crippen molar-refractivity contribution >= 4 is 17.7 Å². The van der Waals surface area contributed by atoms with Crippen molar-refractivity contribution in [2.24, 2.45) is 46.3 Å². The topological polar surface area (TPSA) is 207 Å². The highest BCUT2D eigenvalue weighted by atomic mass is 19.1. The summed E-state index contributed by atoms with van der Waals surface area (Å²) < 4.78 is 52.6. The standard InChI is InChI=1S/C53H88F2N2O12/c1-14-20-56(21-16-22-57-29-30(3)27-50(11,65)45(62)32(5)44(61)33(6)47(64)68-42(15-2)51(12,66)46(63)34(57)7)23-18-43(60)69-53(35(8)67-13)31(4)24-37-38-26-40(54)39-25-36(58)17-19-48(39,9)52(38,55)41(59)28-49(37,53)10/h17,19,25,30-35,37-38,40-42,44-46,59,61-63,65-66H,14-16,18,20-24,26-29H2,1-13H3/t30-,31+,32+,33-,34-,35?,37?,38?,40-,41-,42-,44-,45-,46-,48-,49-,50+,51+,52-,53-/m0/s1. The summed E-state index contributed by atoms with van der Waals surface area (Å²) in [5.74, 6) is -5.69. The molecule has 14 nitrogen and oxygen atoms in total. The van der Waals surface area contributed by atoms with Crippen LogP contribution in [0.2, 0.25) is 0 Å². The molecule has 69 heavy (non-hydrogen) atoms. The number of carbonyl (C=O) groups is 3. The van der Waals surface area contributed by atoms with Crippen LogP contribution in [0.3, 0.4) is 0 Å². The number of hydrogen-bond donors (Lipinski definition) is 6. The number of hydrogen-bond acceptors (Lipinski definition) is 14. The van der Waals surface area contributed by atoms with Crippen LogP contribution in [0.25, 0.3) is 0 Å². The van der Waals surface area contributed by atoms with E-state index in [-0.39, 0.29) is 49.5 Å². The van der Waals surface area contributed by atoms with Gasteiger partial charge in [-0.3, -0.25) is 19.3 Å². The Morgan fingerprint density at radius 3 is 2.22 bits per heavy atom. The van der Waals surface area contributed by atoms with Gasteiger partial charge in [0.15, 0.2) is 11.5 Å². The van der Waals surface area contributed by atoms with Crippen LogP contribution < -0.4 is 0 Å². The Balaban J connectivity index is 1.33. The molecule has 5 aliphatic rings. The zero-order valence-corrected chi connectivity index (χ0v) is 43.8. The van der Waals surface area contributed by atoms with Gasteiger partial charge in [-0.1, -0.05) is 47.6 Å². The zero-order chi connectivity index (χ0) is 52.0. The number of carbonyl (C=O) groups excluding carboxylic acids is 3.